The number of carbonyl (C=O) groups is 1. The van der Waals surface area contributed by atoms with Gasteiger partial charge in [0.2, 0.25) is 0 Å². The van der Waals surface area contributed by atoms with Crippen molar-refractivity contribution >= 4 is 11.9 Å². The van der Waals surface area contributed by atoms with Crippen molar-refractivity contribution in [2.45, 2.75) is 82.5 Å². The Bertz CT molecular complexity index is 1330. The topological polar surface area (TPSA) is 157 Å². The molecule has 0 radical (unpaired) electrons. The molecule has 0 amide bonds. The van der Waals surface area contributed by atoms with Gasteiger partial charge in [-0.2, -0.15) is 0 Å². The number of likely N-dealkylation sites (N-methyl/N-ethyl adjacent to an activating group) is 1. The minimum atomic E-state index is -1.61. The third-order valence-corrected chi connectivity index (χ3v) is 14.2. The number of ether oxygens (including phenoxy) is 1. The summed E-state index contributed by atoms with van der Waals surface area (Å²) >= 11 is 0. The van der Waals surface area contributed by atoms with Crippen molar-refractivity contribution in [1.29, 1.82) is 0 Å². The first-order chi connectivity index (χ1) is 22.7. The number of nitrogens with zero attached hydrogens (tertiary/aromatic N) is 1. The average molecular weight is 652 g/mol. The van der Waals surface area contributed by atoms with E-state index in [1.54, 1.807) is 0 Å². The molecule has 10 nitrogen and oxygen atoms in total. The lowest BCUT2D eigenvalue weighted by atomic mass is 9.45. The maximum atomic E-state index is 13.4. The summed E-state index contributed by atoms with van der Waals surface area (Å²) in [4.78, 5) is 19.3. The fraction of sp³-hybridized carbons (Fsp3) is 0.784. The zero-order valence-electron chi connectivity index (χ0n) is 28.4. The van der Waals surface area contributed by atoms with E-state index in [9.17, 15) is 20.1 Å². The first kappa shape index (κ1) is 33.4. The minimum absolute atomic E-state index is 0.0205. The molecule has 2 aliphatic heterocycles. The number of rotatable bonds is 9. The van der Waals surface area contributed by atoms with Crippen LogP contribution in [0.25, 0.3) is 0 Å². The Hall–Kier alpha value is -2.08. The second-order valence-corrected chi connectivity index (χ2v) is 16.0. The van der Waals surface area contributed by atoms with Crippen LogP contribution in [0.5, 0.6) is 0 Å². The summed E-state index contributed by atoms with van der Waals surface area (Å²) in [6.07, 6.45) is 16.0. The number of fused-ring (bicyclic) bond motifs is 3. The molecule has 10 heteroatoms. The van der Waals surface area contributed by atoms with Gasteiger partial charge in [0, 0.05) is 41.8 Å². The predicted octanol–water partition coefficient (Wildman–Crippen LogP) is -0.0729. The quantitative estimate of drug-likeness (QED) is 0.115. The molecule has 3 saturated carbocycles. The first-order valence-corrected chi connectivity index (χ1v) is 18.5. The molecule has 260 valence electrons. The van der Waals surface area contributed by atoms with Crippen LogP contribution in [-0.2, 0) is 9.53 Å². The van der Waals surface area contributed by atoms with Crippen LogP contribution in [0.3, 0.4) is 0 Å². The van der Waals surface area contributed by atoms with E-state index in [0.717, 1.165) is 70.3 Å². The Morgan fingerprint density at radius 1 is 1.15 bits per heavy atom. The van der Waals surface area contributed by atoms with Gasteiger partial charge in [-0.1, -0.05) is 36.8 Å². The Morgan fingerprint density at radius 2 is 1.96 bits per heavy atom. The fourth-order valence-corrected chi connectivity index (χ4v) is 12.3. The molecule has 5 fully saturated rings. The molecular formula is C37H57N5O5. The van der Waals surface area contributed by atoms with Crippen LogP contribution >= 0.6 is 0 Å². The van der Waals surface area contributed by atoms with Crippen molar-refractivity contribution in [3.63, 3.8) is 0 Å². The third kappa shape index (κ3) is 5.11. The summed E-state index contributed by atoms with van der Waals surface area (Å²) in [5.41, 5.74) is 5.39. The van der Waals surface area contributed by atoms with Crippen molar-refractivity contribution in [2.75, 3.05) is 52.9 Å². The summed E-state index contributed by atoms with van der Waals surface area (Å²) in [6, 6.07) is 0. The molecule has 7 aliphatic rings. The molecule has 7 rings (SSSR count). The number of quaternary nitrogens is 1. The number of nitrogens with one attached hydrogen (secondary N) is 3. The molecule has 7 N–H and O–H groups in total. The molecule has 0 aromatic rings. The van der Waals surface area contributed by atoms with Gasteiger partial charge in [-0.25, -0.2) is 4.99 Å². The van der Waals surface area contributed by atoms with E-state index in [-0.39, 0.29) is 47.4 Å². The lowest BCUT2D eigenvalue weighted by Gasteiger charge is -2.61. The standard InChI is InChI=1S/C37H57N5O5/c1-23-7-11-26-19-29-31(33(44)45)37(46,30-12-10-25-9-8-24-5-3-4-6-28(24)32(25)47-30)21-35(23,29)36(26)22-42(34(38)41-15-14-39-2)17-13-27(36)20-40-16-18-43/h3-6,23-28,30,32,39-40,43,46H,7-22H2,1-2H3,(H2,38,41)(H,44,45). The second kappa shape index (κ2) is 13.0. The molecule has 12 atom stereocenters. The van der Waals surface area contributed by atoms with Gasteiger partial charge >= 0.3 is 0 Å². The number of aliphatic carboxylic acids is 1. The zero-order chi connectivity index (χ0) is 33.0. The molecular weight excluding hydrogens is 594 g/mol. The normalized spacial score (nSPS) is 45.6. The highest BCUT2D eigenvalue weighted by Gasteiger charge is 2.76. The van der Waals surface area contributed by atoms with Gasteiger partial charge in [-0.3, -0.25) is 4.90 Å². The molecule has 2 bridgehead atoms. The largest absolute Gasteiger partial charge is 0.545 e. The Morgan fingerprint density at radius 3 is 2.74 bits per heavy atom. The van der Waals surface area contributed by atoms with E-state index in [2.05, 4.69) is 41.9 Å². The van der Waals surface area contributed by atoms with Gasteiger partial charge in [-0.05, 0) is 94.5 Å². The number of carboxylic acids is 1. The number of likely N-dealkylation sites (tertiary alicyclic amines) is 1. The number of aliphatic hydroxyl groups is 2. The van der Waals surface area contributed by atoms with E-state index in [4.69, 9.17) is 15.5 Å². The second-order valence-electron chi connectivity index (χ2n) is 16.0. The number of guanidine groups is 1. The Kier molecular flexibility index (Phi) is 9.24. The number of nitrogens with two attached hydrogens (primary N) is 1. The number of piperidine rings is 1. The molecule has 2 spiro atoms. The maximum absolute atomic E-state index is 13.4. The molecule has 47 heavy (non-hydrogen) atoms. The number of aliphatic imine (C=N–C) groups is 1. The van der Waals surface area contributed by atoms with Crippen LogP contribution in [0, 0.1) is 46.3 Å². The Balaban J connectivity index is 1.29. The van der Waals surface area contributed by atoms with Crippen molar-refractivity contribution in [2.24, 2.45) is 57.1 Å². The smallest absolute Gasteiger partial charge is 0.293 e. The third-order valence-electron chi connectivity index (χ3n) is 14.2. The lowest BCUT2D eigenvalue weighted by Crippen LogP contribution is -3.19. The van der Waals surface area contributed by atoms with Gasteiger partial charge in [0.15, 0.2) is 0 Å². The zero-order valence-corrected chi connectivity index (χ0v) is 28.4. The first-order valence-electron chi connectivity index (χ1n) is 18.5. The van der Waals surface area contributed by atoms with Crippen LogP contribution in [0.4, 0.5) is 0 Å². The molecule has 0 aromatic carbocycles. The van der Waals surface area contributed by atoms with Gasteiger partial charge in [0.1, 0.15) is 5.60 Å². The number of aliphatic hydroxyl groups excluding tert-OH is 1. The van der Waals surface area contributed by atoms with E-state index in [0.29, 0.717) is 50.1 Å². The lowest BCUT2D eigenvalue weighted by molar-refractivity contribution is -0.828. The minimum Gasteiger partial charge on any atom is -0.545 e. The van der Waals surface area contributed by atoms with E-state index in [1.807, 2.05) is 7.05 Å². The molecule has 5 aliphatic carbocycles. The van der Waals surface area contributed by atoms with Crippen LogP contribution in [0.2, 0.25) is 0 Å². The van der Waals surface area contributed by atoms with Gasteiger partial charge in [-0.15, -0.1) is 0 Å². The van der Waals surface area contributed by atoms with Crippen LogP contribution in [0.1, 0.15) is 64.7 Å². The number of hydrogen-bond donors (Lipinski definition) is 6. The van der Waals surface area contributed by atoms with Crippen molar-refractivity contribution in [3.8, 4) is 0 Å². The highest BCUT2D eigenvalue weighted by atomic mass is 16.5. The number of allylic oxidation sites excluding steroid dienone is 4. The summed E-state index contributed by atoms with van der Waals surface area (Å²) in [5, 5.41) is 42.8. The van der Waals surface area contributed by atoms with Gasteiger partial charge in [0.25, 0.3) is 5.96 Å². The number of carbonyl (C=O) groups excluding carboxylic acids is 1. The van der Waals surface area contributed by atoms with E-state index in [1.165, 1.54) is 4.90 Å². The van der Waals surface area contributed by atoms with Crippen molar-refractivity contribution in [3.05, 3.63) is 35.5 Å². The molecule has 2 heterocycles. The monoisotopic (exact) mass is 651 g/mol. The summed E-state index contributed by atoms with van der Waals surface area (Å²) < 4.78 is 7.01. The molecule has 12 unspecified atom stereocenters. The molecule has 2 saturated heterocycles. The summed E-state index contributed by atoms with van der Waals surface area (Å²) in [5.74, 6) is 1.22. The predicted molar refractivity (Wildman–Crippen MR) is 178 cm³/mol. The highest BCUT2D eigenvalue weighted by Crippen LogP contribution is 2.77. The van der Waals surface area contributed by atoms with Crippen LogP contribution in [-0.4, -0.2) is 92.9 Å². The van der Waals surface area contributed by atoms with Crippen molar-refractivity contribution < 1.29 is 29.8 Å². The van der Waals surface area contributed by atoms with Crippen LogP contribution < -0.4 is 26.4 Å². The van der Waals surface area contributed by atoms with E-state index < -0.39 is 23.1 Å². The van der Waals surface area contributed by atoms with Crippen LogP contribution in [0.15, 0.2) is 40.4 Å². The maximum Gasteiger partial charge on any atom is 0.293 e. The summed E-state index contributed by atoms with van der Waals surface area (Å²) in [6.45, 7) is 6.61. The SMILES string of the molecule is CNCCN=C(N)[NH+]1CCC(CNCCO)C2(C1)C1CCC(C)C23CC(O)(C2CCC4CCC5C=CC=CC5C4O2)C(C(=O)[O-])=C3C1. The average Bonchev–Trinajstić information content (AvgIpc) is 3.43. The van der Waals surface area contributed by atoms with Crippen molar-refractivity contribution in [1.82, 2.24) is 10.6 Å². The Labute approximate surface area is 280 Å². The summed E-state index contributed by atoms with van der Waals surface area (Å²) in [7, 11) is 1.91. The highest BCUT2D eigenvalue weighted by molar-refractivity contribution is 5.90. The van der Waals surface area contributed by atoms with Gasteiger partial charge in [0.05, 0.1) is 44.4 Å². The fourth-order valence-electron chi connectivity index (χ4n) is 12.3. The molecule has 0 aromatic heterocycles. The van der Waals surface area contributed by atoms with Gasteiger partial charge < -0.3 is 41.2 Å². The number of hydrogen-bond acceptors (Lipinski definition) is 8. The number of carboxylic acid groups (broad SMARTS) is 1. The van der Waals surface area contributed by atoms with E-state index >= 15 is 0 Å².